The molecule has 1 amide bonds. The van der Waals surface area contributed by atoms with E-state index in [-0.39, 0.29) is 18.3 Å². The fourth-order valence-electron chi connectivity index (χ4n) is 2.59. The van der Waals surface area contributed by atoms with Crippen LogP contribution in [0.1, 0.15) is 24.9 Å². The third-order valence-electron chi connectivity index (χ3n) is 3.93. The van der Waals surface area contributed by atoms with Crippen LogP contribution in [0.5, 0.6) is 0 Å². The lowest BCUT2D eigenvalue weighted by molar-refractivity contribution is -0.133. The van der Waals surface area contributed by atoms with E-state index in [2.05, 4.69) is 52.0 Å². The lowest BCUT2D eigenvalue weighted by atomic mass is 10.1. The van der Waals surface area contributed by atoms with E-state index in [1.54, 1.807) is 0 Å². The molecule has 0 saturated carbocycles. The molecule has 0 radical (unpaired) electrons. The molecule has 1 aliphatic rings. The lowest BCUT2D eigenvalue weighted by Gasteiger charge is -2.38. The van der Waals surface area contributed by atoms with E-state index in [1.165, 1.54) is 5.56 Å². The first-order valence-corrected chi connectivity index (χ1v) is 7.88. The number of piperazine rings is 1. The van der Waals surface area contributed by atoms with Crippen LogP contribution in [-0.2, 0) is 4.79 Å². The van der Waals surface area contributed by atoms with Crippen molar-refractivity contribution in [1.29, 1.82) is 0 Å². The largest absolute Gasteiger partial charge is 0.340 e. The van der Waals surface area contributed by atoms with Gasteiger partial charge >= 0.3 is 0 Å². The van der Waals surface area contributed by atoms with E-state index in [0.717, 1.165) is 30.7 Å². The van der Waals surface area contributed by atoms with Gasteiger partial charge in [-0.3, -0.25) is 9.69 Å². The number of halogens is 2. The molecule has 2 N–H and O–H groups in total. The Morgan fingerprint density at radius 1 is 1.24 bits per heavy atom. The quantitative estimate of drug-likeness (QED) is 0.878. The van der Waals surface area contributed by atoms with Crippen LogP contribution < -0.4 is 5.73 Å². The van der Waals surface area contributed by atoms with Crippen LogP contribution >= 0.6 is 28.3 Å². The summed E-state index contributed by atoms with van der Waals surface area (Å²) in [6.07, 6.45) is 0.461. The van der Waals surface area contributed by atoms with Crippen molar-refractivity contribution < 1.29 is 4.79 Å². The Morgan fingerprint density at radius 2 is 1.81 bits per heavy atom. The molecule has 1 unspecified atom stereocenters. The maximum atomic E-state index is 11.8. The van der Waals surface area contributed by atoms with E-state index in [4.69, 9.17) is 5.73 Å². The number of benzene rings is 1. The summed E-state index contributed by atoms with van der Waals surface area (Å²) in [6, 6.07) is 8.84. The van der Waals surface area contributed by atoms with Crippen molar-refractivity contribution >= 4 is 34.2 Å². The number of nitrogens with zero attached hydrogens (tertiary/aromatic N) is 2. The highest BCUT2D eigenvalue weighted by atomic mass is 79.9. The van der Waals surface area contributed by atoms with Gasteiger partial charge in [0.25, 0.3) is 0 Å². The third kappa shape index (κ3) is 4.95. The molecule has 0 bridgehead atoms. The zero-order valence-corrected chi connectivity index (χ0v) is 14.7. The molecule has 4 nitrogen and oxygen atoms in total. The molecule has 0 aromatic heterocycles. The minimum absolute atomic E-state index is 0. The first-order chi connectivity index (χ1) is 9.61. The second kappa shape index (κ2) is 8.73. The molecule has 1 aliphatic heterocycles. The summed E-state index contributed by atoms with van der Waals surface area (Å²) in [5.41, 5.74) is 6.75. The van der Waals surface area contributed by atoms with Crippen molar-refractivity contribution in [3.8, 4) is 0 Å². The molecule has 1 fully saturated rings. The average molecular weight is 377 g/mol. The maximum Gasteiger partial charge on any atom is 0.223 e. The smallest absolute Gasteiger partial charge is 0.223 e. The number of nitrogens with two attached hydrogens (primary N) is 1. The summed E-state index contributed by atoms with van der Waals surface area (Å²) in [5.74, 6) is 0.184. The first-order valence-electron chi connectivity index (χ1n) is 7.09. The van der Waals surface area contributed by atoms with E-state index in [1.807, 2.05) is 4.90 Å². The van der Waals surface area contributed by atoms with Crippen LogP contribution in [0.15, 0.2) is 28.7 Å². The zero-order valence-electron chi connectivity index (χ0n) is 12.3. The third-order valence-corrected chi connectivity index (χ3v) is 4.45. The number of carbonyl (C=O) groups excluding carboxylic acids is 1. The molecule has 1 saturated heterocycles. The summed E-state index contributed by atoms with van der Waals surface area (Å²) in [7, 11) is 0. The molecule has 1 aromatic rings. The minimum Gasteiger partial charge on any atom is -0.340 e. The van der Waals surface area contributed by atoms with Crippen molar-refractivity contribution in [1.82, 2.24) is 9.80 Å². The van der Waals surface area contributed by atoms with Crippen LogP contribution in [0.4, 0.5) is 0 Å². The number of amides is 1. The second-order valence-electron chi connectivity index (χ2n) is 5.18. The highest BCUT2D eigenvalue weighted by molar-refractivity contribution is 9.10. The molecule has 118 valence electrons. The van der Waals surface area contributed by atoms with Crippen molar-refractivity contribution in [2.45, 2.75) is 19.4 Å². The molecule has 1 atom stereocenters. The van der Waals surface area contributed by atoms with Crippen LogP contribution in [0.25, 0.3) is 0 Å². The Kier molecular flexibility index (Phi) is 7.66. The molecule has 0 spiro atoms. The Morgan fingerprint density at radius 3 is 2.33 bits per heavy atom. The molecule has 1 aromatic carbocycles. The van der Waals surface area contributed by atoms with Crippen molar-refractivity contribution in [2.24, 2.45) is 5.73 Å². The van der Waals surface area contributed by atoms with Crippen LogP contribution in [0, 0.1) is 0 Å². The predicted octanol–water partition coefficient (Wildman–Crippen LogP) is 2.42. The molecule has 1 heterocycles. The summed E-state index contributed by atoms with van der Waals surface area (Å²) in [5, 5.41) is 0. The predicted molar refractivity (Wildman–Crippen MR) is 91.6 cm³/mol. The number of rotatable bonds is 4. The van der Waals surface area contributed by atoms with Crippen molar-refractivity contribution in [2.75, 3.05) is 32.7 Å². The highest BCUT2D eigenvalue weighted by Gasteiger charge is 2.24. The Labute approximate surface area is 141 Å². The SMILES string of the molecule is CC(c1ccc(Br)cc1)N1CCN(C(=O)CCN)CC1.Cl. The van der Waals surface area contributed by atoms with Crippen LogP contribution in [0.2, 0.25) is 0 Å². The monoisotopic (exact) mass is 375 g/mol. The normalized spacial score (nSPS) is 17.2. The lowest BCUT2D eigenvalue weighted by Crippen LogP contribution is -2.49. The fourth-order valence-corrected chi connectivity index (χ4v) is 2.86. The summed E-state index contributed by atoms with van der Waals surface area (Å²) in [6.45, 7) is 6.12. The molecule has 21 heavy (non-hydrogen) atoms. The number of hydrogen-bond acceptors (Lipinski definition) is 3. The van der Waals surface area contributed by atoms with Gasteiger partial charge in [0, 0.05) is 49.7 Å². The Hall–Kier alpha value is -0.620. The minimum atomic E-state index is 0. The molecular weight excluding hydrogens is 354 g/mol. The number of hydrogen-bond donors (Lipinski definition) is 1. The van der Waals surface area contributed by atoms with Crippen molar-refractivity contribution in [3.63, 3.8) is 0 Å². The van der Waals surface area contributed by atoms with Crippen molar-refractivity contribution in [3.05, 3.63) is 34.3 Å². The fraction of sp³-hybridized carbons (Fsp3) is 0.533. The van der Waals surface area contributed by atoms with Gasteiger partial charge in [-0.15, -0.1) is 12.4 Å². The average Bonchev–Trinajstić information content (AvgIpc) is 2.48. The maximum absolute atomic E-state index is 11.8. The standard InChI is InChI=1S/C15H22BrN3O.ClH/c1-12(13-2-4-14(16)5-3-13)18-8-10-19(11-9-18)15(20)6-7-17;/h2-5,12H,6-11,17H2,1H3;1H. The van der Waals surface area contributed by atoms with Gasteiger partial charge in [-0.2, -0.15) is 0 Å². The van der Waals surface area contributed by atoms with E-state index in [9.17, 15) is 4.79 Å². The number of carbonyl (C=O) groups is 1. The van der Waals surface area contributed by atoms with Gasteiger partial charge in [-0.1, -0.05) is 28.1 Å². The van der Waals surface area contributed by atoms with Gasteiger partial charge in [0.2, 0.25) is 5.91 Å². The van der Waals surface area contributed by atoms with Gasteiger partial charge in [0.1, 0.15) is 0 Å². The van der Waals surface area contributed by atoms with Gasteiger partial charge in [-0.05, 0) is 24.6 Å². The second-order valence-corrected chi connectivity index (χ2v) is 6.10. The van der Waals surface area contributed by atoms with Gasteiger partial charge < -0.3 is 10.6 Å². The summed E-state index contributed by atoms with van der Waals surface area (Å²) < 4.78 is 1.10. The summed E-state index contributed by atoms with van der Waals surface area (Å²) in [4.78, 5) is 16.2. The zero-order chi connectivity index (χ0) is 14.5. The van der Waals surface area contributed by atoms with Gasteiger partial charge in [0.05, 0.1) is 0 Å². The molecule has 0 aliphatic carbocycles. The molecular formula is C15H23BrClN3O. The van der Waals surface area contributed by atoms with E-state index in [0.29, 0.717) is 19.0 Å². The van der Waals surface area contributed by atoms with E-state index >= 15 is 0 Å². The first kappa shape index (κ1) is 18.4. The Balaban J connectivity index is 0.00000220. The molecule has 2 rings (SSSR count). The van der Waals surface area contributed by atoms with Crippen LogP contribution in [0.3, 0.4) is 0 Å². The highest BCUT2D eigenvalue weighted by Crippen LogP contribution is 2.23. The summed E-state index contributed by atoms with van der Waals surface area (Å²) >= 11 is 3.46. The van der Waals surface area contributed by atoms with Gasteiger partial charge in [0.15, 0.2) is 0 Å². The molecule has 6 heteroatoms. The Bertz CT molecular complexity index is 447. The topological polar surface area (TPSA) is 49.6 Å². The van der Waals surface area contributed by atoms with E-state index < -0.39 is 0 Å². The van der Waals surface area contributed by atoms with Gasteiger partial charge in [-0.25, -0.2) is 0 Å². The van der Waals surface area contributed by atoms with Crippen LogP contribution in [-0.4, -0.2) is 48.4 Å².